The van der Waals surface area contributed by atoms with Crippen molar-refractivity contribution in [3.05, 3.63) is 39.8 Å². The van der Waals surface area contributed by atoms with Gasteiger partial charge in [-0.05, 0) is 19.9 Å². The molecule has 0 aromatic carbocycles. The molecule has 0 unspecified atom stereocenters. The lowest BCUT2D eigenvalue weighted by atomic mass is 10.1. The van der Waals surface area contributed by atoms with Crippen molar-refractivity contribution in [1.82, 2.24) is 4.57 Å². The fraction of sp³-hybridized carbons (Fsp3) is 0.250. The highest BCUT2D eigenvalue weighted by Crippen LogP contribution is 2.09. The SMILES string of the molecule is CC(C(=O)O)=C(C)C(=O)Nc1ccc(=O)n(C)c1. The summed E-state index contributed by atoms with van der Waals surface area (Å²) in [7, 11) is 1.56. The number of carbonyl (C=O) groups is 2. The summed E-state index contributed by atoms with van der Waals surface area (Å²) in [6.45, 7) is 2.79. The van der Waals surface area contributed by atoms with Crippen molar-refractivity contribution in [3.63, 3.8) is 0 Å². The highest BCUT2D eigenvalue weighted by Gasteiger charge is 2.12. The molecular formula is C12H14N2O4. The average Bonchev–Trinajstić information content (AvgIpc) is 2.31. The van der Waals surface area contributed by atoms with Gasteiger partial charge in [-0.15, -0.1) is 0 Å². The summed E-state index contributed by atoms with van der Waals surface area (Å²) in [6.07, 6.45) is 1.46. The zero-order valence-electron chi connectivity index (χ0n) is 10.4. The first-order chi connectivity index (χ1) is 8.32. The smallest absolute Gasteiger partial charge is 0.331 e. The zero-order valence-corrected chi connectivity index (χ0v) is 10.4. The van der Waals surface area contributed by atoms with E-state index < -0.39 is 11.9 Å². The number of nitrogens with zero attached hydrogens (tertiary/aromatic N) is 1. The zero-order chi connectivity index (χ0) is 13.9. The molecule has 0 aliphatic carbocycles. The molecule has 0 bridgehead atoms. The Hall–Kier alpha value is -2.37. The van der Waals surface area contributed by atoms with Gasteiger partial charge in [0.05, 0.1) is 5.69 Å². The maximum absolute atomic E-state index is 11.7. The third kappa shape index (κ3) is 3.07. The van der Waals surface area contributed by atoms with Gasteiger partial charge in [0, 0.05) is 30.5 Å². The van der Waals surface area contributed by atoms with Crippen molar-refractivity contribution in [3.8, 4) is 0 Å². The molecule has 0 aliphatic rings. The number of hydrogen-bond donors (Lipinski definition) is 2. The van der Waals surface area contributed by atoms with Crippen LogP contribution >= 0.6 is 0 Å². The predicted molar refractivity (Wildman–Crippen MR) is 66.3 cm³/mol. The third-order valence-corrected chi connectivity index (χ3v) is 2.57. The second-order valence-electron chi connectivity index (χ2n) is 3.88. The lowest BCUT2D eigenvalue weighted by Gasteiger charge is -2.07. The Labute approximate surface area is 104 Å². The Kier molecular flexibility index (Phi) is 4.04. The van der Waals surface area contributed by atoms with E-state index in [0.717, 1.165) is 0 Å². The van der Waals surface area contributed by atoms with Crippen LogP contribution in [0.2, 0.25) is 0 Å². The van der Waals surface area contributed by atoms with Crippen LogP contribution in [0.25, 0.3) is 0 Å². The monoisotopic (exact) mass is 250 g/mol. The van der Waals surface area contributed by atoms with E-state index in [1.54, 1.807) is 7.05 Å². The minimum Gasteiger partial charge on any atom is -0.478 e. The van der Waals surface area contributed by atoms with E-state index in [1.165, 1.54) is 36.7 Å². The Morgan fingerprint density at radius 1 is 1.22 bits per heavy atom. The molecule has 0 saturated heterocycles. The molecule has 1 heterocycles. The van der Waals surface area contributed by atoms with Gasteiger partial charge < -0.3 is 15.0 Å². The van der Waals surface area contributed by atoms with E-state index in [2.05, 4.69) is 5.32 Å². The topological polar surface area (TPSA) is 88.4 Å². The van der Waals surface area contributed by atoms with Crippen LogP contribution in [0.1, 0.15) is 13.8 Å². The number of hydrogen-bond acceptors (Lipinski definition) is 3. The standard InChI is InChI=1S/C12H14N2O4/c1-7(8(2)12(17)18)11(16)13-9-4-5-10(15)14(3)6-9/h4-6H,1-3H3,(H,13,16)(H,17,18). The molecule has 0 spiro atoms. The fourth-order valence-corrected chi connectivity index (χ4v) is 1.22. The molecular weight excluding hydrogens is 236 g/mol. The van der Waals surface area contributed by atoms with Crippen molar-refractivity contribution in [2.45, 2.75) is 13.8 Å². The van der Waals surface area contributed by atoms with Gasteiger partial charge >= 0.3 is 5.97 Å². The van der Waals surface area contributed by atoms with Crippen molar-refractivity contribution in [2.75, 3.05) is 5.32 Å². The minimum absolute atomic E-state index is 0.0164. The van der Waals surface area contributed by atoms with Gasteiger partial charge in [0.15, 0.2) is 0 Å². The third-order valence-electron chi connectivity index (χ3n) is 2.57. The number of pyridine rings is 1. The highest BCUT2D eigenvalue weighted by molar-refractivity contribution is 6.07. The van der Waals surface area contributed by atoms with Crippen LogP contribution in [-0.4, -0.2) is 21.6 Å². The number of aromatic nitrogens is 1. The first kappa shape index (κ1) is 13.7. The minimum atomic E-state index is -1.14. The summed E-state index contributed by atoms with van der Waals surface area (Å²) in [4.78, 5) is 33.6. The lowest BCUT2D eigenvalue weighted by Crippen LogP contribution is -2.19. The average molecular weight is 250 g/mol. The van der Waals surface area contributed by atoms with Crippen molar-refractivity contribution >= 4 is 17.6 Å². The Bertz CT molecular complexity index is 584. The van der Waals surface area contributed by atoms with Gasteiger partial charge in [-0.3, -0.25) is 9.59 Å². The molecule has 0 fully saturated rings. The maximum Gasteiger partial charge on any atom is 0.331 e. The van der Waals surface area contributed by atoms with Gasteiger partial charge in [0.25, 0.3) is 5.91 Å². The van der Waals surface area contributed by atoms with Crippen molar-refractivity contribution in [1.29, 1.82) is 0 Å². The predicted octanol–water partition coefficient (Wildman–Crippen LogP) is 0.745. The summed E-state index contributed by atoms with van der Waals surface area (Å²) in [5.41, 5.74) is 0.343. The molecule has 1 rings (SSSR count). The van der Waals surface area contributed by atoms with Gasteiger partial charge in [-0.25, -0.2) is 4.79 Å². The number of carboxylic acid groups (broad SMARTS) is 1. The Morgan fingerprint density at radius 2 is 1.83 bits per heavy atom. The number of anilines is 1. The molecule has 1 aromatic heterocycles. The molecule has 0 atom stereocenters. The van der Waals surface area contributed by atoms with Crippen molar-refractivity contribution in [2.24, 2.45) is 7.05 Å². The Balaban J connectivity index is 2.95. The van der Waals surface area contributed by atoms with E-state index >= 15 is 0 Å². The second-order valence-corrected chi connectivity index (χ2v) is 3.88. The van der Waals surface area contributed by atoms with Crippen LogP contribution in [0.5, 0.6) is 0 Å². The number of carboxylic acids is 1. The van der Waals surface area contributed by atoms with E-state index in [1.807, 2.05) is 0 Å². The molecule has 1 aromatic rings. The number of rotatable bonds is 3. The maximum atomic E-state index is 11.7. The van der Waals surface area contributed by atoms with Crippen LogP contribution in [0, 0.1) is 0 Å². The molecule has 18 heavy (non-hydrogen) atoms. The molecule has 1 amide bonds. The molecule has 6 nitrogen and oxygen atoms in total. The molecule has 2 N–H and O–H groups in total. The molecule has 0 aliphatic heterocycles. The Morgan fingerprint density at radius 3 is 2.33 bits per heavy atom. The van der Waals surface area contributed by atoms with Crippen LogP contribution < -0.4 is 10.9 Å². The molecule has 6 heteroatoms. The molecule has 0 radical (unpaired) electrons. The number of amides is 1. The van der Waals surface area contributed by atoms with Gasteiger partial charge in [-0.1, -0.05) is 0 Å². The lowest BCUT2D eigenvalue weighted by molar-refractivity contribution is -0.133. The first-order valence-corrected chi connectivity index (χ1v) is 5.21. The number of nitrogens with one attached hydrogen (secondary N) is 1. The number of carbonyl (C=O) groups excluding carboxylic acids is 1. The van der Waals surface area contributed by atoms with Crippen LogP contribution in [-0.2, 0) is 16.6 Å². The summed E-state index contributed by atoms with van der Waals surface area (Å²) in [5, 5.41) is 11.3. The van der Waals surface area contributed by atoms with E-state index in [0.29, 0.717) is 5.69 Å². The number of aliphatic carboxylic acids is 1. The summed E-state index contributed by atoms with van der Waals surface area (Å²) in [6, 6.07) is 2.78. The van der Waals surface area contributed by atoms with Crippen LogP contribution in [0.15, 0.2) is 34.3 Å². The van der Waals surface area contributed by atoms with Gasteiger partial charge in [0.2, 0.25) is 5.56 Å². The van der Waals surface area contributed by atoms with Crippen LogP contribution in [0.4, 0.5) is 5.69 Å². The highest BCUT2D eigenvalue weighted by atomic mass is 16.4. The second kappa shape index (κ2) is 5.31. The molecule has 96 valence electrons. The van der Waals surface area contributed by atoms with E-state index in [9.17, 15) is 14.4 Å². The van der Waals surface area contributed by atoms with Gasteiger partial charge in [-0.2, -0.15) is 0 Å². The fourth-order valence-electron chi connectivity index (χ4n) is 1.22. The molecule has 0 saturated carbocycles. The summed E-state index contributed by atoms with van der Waals surface area (Å²) < 4.78 is 1.32. The van der Waals surface area contributed by atoms with Crippen molar-refractivity contribution < 1.29 is 14.7 Å². The van der Waals surface area contributed by atoms with Gasteiger partial charge in [0.1, 0.15) is 0 Å². The summed E-state index contributed by atoms with van der Waals surface area (Å²) >= 11 is 0. The number of aryl methyl sites for hydroxylation is 1. The largest absolute Gasteiger partial charge is 0.478 e. The van der Waals surface area contributed by atoms with E-state index in [4.69, 9.17) is 5.11 Å². The summed E-state index contributed by atoms with van der Waals surface area (Å²) in [5.74, 6) is -1.64. The van der Waals surface area contributed by atoms with E-state index in [-0.39, 0.29) is 16.7 Å². The van der Waals surface area contributed by atoms with Crippen LogP contribution in [0.3, 0.4) is 0 Å². The quantitative estimate of drug-likeness (QED) is 0.774. The first-order valence-electron chi connectivity index (χ1n) is 5.21. The normalized spacial score (nSPS) is 11.7.